The summed E-state index contributed by atoms with van der Waals surface area (Å²) in [6, 6.07) is 95.0. The summed E-state index contributed by atoms with van der Waals surface area (Å²) in [6.07, 6.45) is 0. The second-order valence-electron chi connectivity index (χ2n) is 18.1. The van der Waals surface area contributed by atoms with Crippen LogP contribution in [0.15, 0.2) is 255 Å². The summed E-state index contributed by atoms with van der Waals surface area (Å²) in [5.74, 6) is 0. The van der Waals surface area contributed by atoms with Crippen molar-refractivity contribution < 1.29 is 0 Å². The lowest BCUT2D eigenvalue weighted by Crippen LogP contribution is -2.75. The number of para-hydroxylation sites is 3. The third-order valence-electron chi connectivity index (χ3n) is 14.0. The van der Waals surface area contributed by atoms with E-state index in [1.807, 2.05) is 11.3 Å². The lowest BCUT2D eigenvalue weighted by Gasteiger charge is -2.39. The lowest BCUT2D eigenvalue weighted by atomic mass is 9.82. The first-order valence-electron chi connectivity index (χ1n) is 23.2. The molecule has 0 saturated heterocycles. The van der Waals surface area contributed by atoms with Gasteiger partial charge in [0, 0.05) is 59.7 Å². The quantitative estimate of drug-likeness (QED) is 0.0997. The van der Waals surface area contributed by atoms with Crippen LogP contribution >= 0.6 is 11.3 Å². The molecule has 67 heavy (non-hydrogen) atoms. The van der Waals surface area contributed by atoms with Crippen LogP contribution in [-0.2, 0) is 5.41 Å². The minimum Gasteiger partial charge on any atom is -0.311 e. The van der Waals surface area contributed by atoms with E-state index in [4.69, 9.17) is 0 Å². The molecule has 2 nitrogen and oxygen atoms in total. The van der Waals surface area contributed by atoms with Crippen molar-refractivity contribution in [3.8, 4) is 11.1 Å². The van der Waals surface area contributed by atoms with Crippen molar-refractivity contribution >= 4 is 94.5 Å². The average Bonchev–Trinajstić information content (AvgIpc) is 3.87. The molecule has 0 spiro atoms. The van der Waals surface area contributed by atoms with Gasteiger partial charge in [0.1, 0.15) is 0 Å². The number of anilines is 6. The lowest BCUT2D eigenvalue weighted by molar-refractivity contribution is 0.660. The van der Waals surface area contributed by atoms with Crippen LogP contribution in [0.3, 0.4) is 0 Å². The maximum absolute atomic E-state index is 3.19. The van der Waals surface area contributed by atoms with Crippen molar-refractivity contribution in [2.24, 2.45) is 0 Å². The van der Waals surface area contributed by atoms with Gasteiger partial charge in [0.25, 0.3) is 0 Å². The molecule has 1 aromatic heterocycles. The zero-order valence-corrected chi connectivity index (χ0v) is 39.4. The van der Waals surface area contributed by atoms with Crippen molar-refractivity contribution in [1.82, 2.24) is 0 Å². The fourth-order valence-corrected chi connectivity index (χ4v) is 17.0. The summed E-state index contributed by atoms with van der Waals surface area (Å²) in [5.41, 5.74) is 12.0. The minimum absolute atomic E-state index is 0.135. The van der Waals surface area contributed by atoms with E-state index < -0.39 is 8.07 Å². The van der Waals surface area contributed by atoms with Gasteiger partial charge in [0.05, 0.1) is 0 Å². The molecule has 0 bridgehead atoms. The normalized spacial score (nSPS) is 12.7. The van der Waals surface area contributed by atoms with Crippen molar-refractivity contribution in [2.45, 2.75) is 19.3 Å². The highest BCUT2D eigenvalue weighted by molar-refractivity contribution is 7.25. The molecule has 4 heteroatoms. The zero-order chi connectivity index (χ0) is 45.0. The van der Waals surface area contributed by atoms with E-state index in [0.717, 1.165) is 34.1 Å². The third-order valence-corrected chi connectivity index (χ3v) is 19.9. The summed E-state index contributed by atoms with van der Waals surface area (Å²) in [5, 5.41) is 7.82. The minimum atomic E-state index is -3.19. The SMILES string of the molecule is CC1(C)c2ccccc2-c2ccc(N(c3ccccc3)c3cccc([Si](c4ccccc4)(c4ccccc4)c4ccccc4N(c4ccccc4)c4ccc5sc6ccccc6c5c4)c3)cc21. The molecule has 0 radical (unpaired) electrons. The average molecular weight is 893 g/mol. The molecule has 1 aliphatic carbocycles. The molecule has 10 aromatic carbocycles. The Morgan fingerprint density at radius 1 is 0.343 bits per heavy atom. The van der Waals surface area contributed by atoms with E-state index in [9.17, 15) is 0 Å². The van der Waals surface area contributed by atoms with Crippen LogP contribution in [0, 0.1) is 0 Å². The highest BCUT2D eigenvalue weighted by atomic mass is 32.1. The number of benzene rings is 10. The Balaban J connectivity index is 1.11. The largest absolute Gasteiger partial charge is 0.311 e. The number of thiophene rings is 1. The molecule has 0 atom stereocenters. The van der Waals surface area contributed by atoms with Crippen LogP contribution in [0.4, 0.5) is 34.1 Å². The number of rotatable bonds is 10. The Hall–Kier alpha value is -7.76. The summed E-state index contributed by atoms with van der Waals surface area (Å²) in [4.78, 5) is 4.96. The molecule has 11 aromatic rings. The number of hydrogen-bond acceptors (Lipinski definition) is 3. The van der Waals surface area contributed by atoms with E-state index in [1.165, 1.54) is 63.2 Å². The molecule has 0 unspecified atom stereocenters. The standard InChI is InChI=1S/C63H48N2SSi/c1-63(2)57-34-17-15-32-53(57)54-40-38-49(44-58(54)63)64(45-22-7-3-8-23-45)47-26-21-31-52(42-47)67(50-27-11-5-12-28-50,51-29-13-6-14-30-51)62-37-20-18-35-59(62)65(46-24-9-4-10-25-46)48-39-41-61-56(43-48)55-33-16-19-36-60(55)66-61/h3-44H,1-2H3. The predicted octanol–water partition coefficient (Wildman–Crippen LogP) is 14.7. The second kappa shape index (κ2) is 16.6. The molecule has 0 amide bonds. The van der Waals surface area contributed by atoms with Crippen molar-refractivity contribution in [2.75, 3.05) is 9.80 Å². The first kappa shape index (κ1) is 40.7. The van der Waals surface area contributed by atoms with Crippen molar-refractivity contribution in [3.63, 3.8) is 0 Å². The molecular weight excluding hydrogens is 845 g/mol. The maximum atomic E-state index is 2.50. The van der Waals surface area contributed by atoms with Crippen LogP contribution in [-0.4, -0.2) is 8.07 Å². The first-order chi connectivity index (χ1) is 33.0. The van der Waals surface area contributed by atoms with Crippen LogP contribution in [0.5, 0.6) is 0 Å². The summed E-state index contributed by atoms with van der Waals surface area (Å²) < 4.78 is 2.60. The molecule has 12 rings (SSSR count). The Morgan fingerprint density at radius 3 is 1.58 bits per heavy atom. The Labute approximate surface area is 398 Å². The van der Waals surface area contributed by atoms with Gasteiger partial charge in [-0.2, -0.15) is 0 Å². The van der Waals surface area contributed by atoms with Gasteiger partial charge in [-0.05, 0) is 122 Å². The molecule has 0 aliphatic heterocycles. The van der Waals surface area contributed by atoms with Gasteiger partial charge in [0.15, 0.2) is 8.07 Å². The molecule has 0 N–H and O–H groups in total. The van der Waals surface area contributed by atoms with Gasteiger partial charge in [0.2, 0.25) is 0 Å². The number of hydrogen-bond donors (Lipinski definition) is 0. The van der Waals surface area contributed by atoms with Crippen LogP contribution in [0.2, 0.25) is 0 Å². The second-order valence-corrected chi connectivity index (χ2v) is 22.9. The van der Waals surface area contributed by atoms with Gasteiger partial charge < -0.3 is 9.80 Å². The van der Waals surface area contributed by atoms with Crippen molar-refractivity contribution in [1.29, 1.82) is 0 Å². The van der Waals surface area contributed by atoms with E-state index in [1.54, 1.807) is 0 Å². The molecule has 0 fully saturated rings. The van der Waals surface area contributed by atoms with Crippen molar-refractivity contribution in [3.05, 3.63) is 266 Å². The highest BCUT2D eigenvalue weighted by Crippen LogP contribution is 2.50. The van der Waals surface area contributed by atoms with E-state index >= 15 is 0 Å². The fourth-order valence-electron chi connectivity index (χ4n) is 10.9. The zero-order valence-electron chi connectivity index (χ0n) is 37.6. The summed E-state index contributed by atoms with van der Waals surface area (Å²) >= 11 is 1.86. The van der Waals surface area contributed by atoms with Gasteiger partial charge in [-0.15, -0.1) is 11.3 Å². The molecule has 1 heterocycles. The van der Waals surface area contributed by atoms with Gasteiger partial charge >= 0.3 is 0 Å². The van der Waals surface area contributed by atoms with E-state index in [0.29, 0.717) is 0 Å². The number of fused-ring (bicyclic) bond motifs is 6. The smallest absolute Gasteiger partial charge is 0.181 e. The Kier molecular flexibility index (Phi) is 10.1. The highest BCUT2D eigenvalue weighted by Gasteiger charge is 2.44. The molecular formula is C63H48N2SSi. The molecule has 0 saturated carbocycles. The van der Waals surface area contributed by atoms with Gasteiger partial charge in [-0.3, -0.25) is 0 Å². The monoisotopic (exact) mass is 892 g/mol. The van der Waals surface area contributed by atoms with Gasteiger partial charge in [-0.1, -0.05) is 190 Å². The maximum Gasteiger partial charge on any atom is 0.181 e. The summed E-state index contributed by atoms with van der Waals surface area (Å²) in [7, 11) is -3.19. The van der Waals surface area contributed by atoms with Crippen LogP contribution in [0.1, 0.15) is 25.0 Å². The van der Waals surface area contributed by atoms with Gasteiger partial charge in [-0.25, -0.2) is 0 Å². The Bertz CT molecular complexity index is 3530. The van der Waals surface area contributed by atoms with Crippen LogP contribution in [0.25, 0.3) is 31.3 Å². The van der Waals surface area contributed by atoms with Crippen LogP contribution < -0.4 is 30.5 Å². The number of nitrogens with zero attached hydrogens (tertiary/aromatic N) is 2. The summed E-state index contributed by atoms with van der Waals surface area (Å²) in [6.45, 7) is 4.73. The molecule has 1 aliphatic rings. The van der Waals surface area contributed by atoms with E-state index in [-0.39, 0.29) is 5.41 Å². The predicted molar refractivity (Wildman–Crippen MR) is 290 cm³/mol. The molecule has 320 valence electrons. The first-order valence-corrected chi connectivity index (χ1v) is 26.0. The topological polar surface area (TPSA) is 6.48 Å². The van der Waals surface area contributed by atoms with E-state index in [2.05, 4.69) is 278 Å². The fraction of sp³-hybridized carbons (Fsp3) is 0.0476. The Morgan fingerprint density at radius 2 is 0.851 bits per heavy atom. The third kappa shape index (κ3) is 6.75.